The first-order valence-corrected chi connectivity index (χ1v) is 17.0. The molecule has 4 aliphatic rings. The number of pyridine rings is 1. The molecule has 1 aromatic heterocycles. The van der Waals surface area contributed by atoms with Crippen LogP contribution in [0.25, 0.3) is 6.20 Å². The van der Waals surface area contributed by atoms with Gasteiger partial charge in [-0.3, -0.25) is 24.7 Å². The van der Waals surface area contributed by atoms with E-state index in [1.165, 1.54) is 18.9 Å². The fourth-order valence-electron chi connectivity index (χ4n) is 7.02. The van der Waals surface area contributed by atoms with Crippen molar-refractivity contribution >= 4 is 46.8 Å². The van der Waals surface area contributed by atoms with E-state index in [1.807, 2.05) is 35.1 Å². The molecule has 12 nitrogen and oxygen atoms in total. The molecule has 0 unspecified atom stereocenters. The van der Waals surface area contributed by atoms with Gasteiger partial charge in [-0.25, -0.2) is 9.78 Å². The fourth-order valence-corrected chi connectivity index (χ4v) is 7.02. The van der Waals surface area contributed by atoms with E-state index in [9.17, 15) is 27.6 Å². The van der Waals surface area contributed by atoms with Gasteiger partial charge in [0.05, 0.1) is 18.0 Å². The van der Waals surface area contributed by atoms with Gasteiger partial charge in [0.1, 0.15) is 22.5 Å². The third-order valence-electron chi connectivity index (χ3n) is 9.82. The van der Waals surface area contributed by atoms with Crippen LogP contribution in [-0.2, 0) is 11.0 Å². The molecule has 2 saturated heterocycles. The van der Waals surface area contributed by atoms with E-state index in [-0.39, 0.29) is 17.6 Å². The molecule has 0 bridgehead atoms. The Morgan fingerprint density at radius 1 is 0.980 bits per heavy atom. The summed E-state index contributed by atoms with van der Waals surface area (Å²) in [6, 6.07) is 14.2. The Kier molecular flexibility index (Phi) is 9.46. The van der Waals surface area contributed by atoms with Gasteiger partial charge < -0.3 is 15.0 Å². The summed E-state index contributed by atoms with van der Waals surface area (Å²) in [6.07, 6.45) is 1.48. The van der Waals surface area contributed by atoms with Crippen LogP contribution >= 0.6 is 0 Å². The van der Waals surface area contributed by atoms with E-state index in [2.05, 4.69) is 25.4 Å². The first kappa shape index (κ1) is 34.2. The summed E-state index contributed by atoms with van der Waals surface area (Å²) in [7, 11) is 1.45. The maximum absolute atomic E-state index is 13.1. The van der Waals surface area contributed by atoms with E-state index in [4.69, 9.17) is 9.84 Å². The van der Waals surface area contributed by atoms with Crippen LogP contribution in [0.1, 0.15) is 48.3 Å². The second-order valence-electron chi connectivity index (χ2n) is 13.1. The number of benzene rings is 2. The van der Waals surface area contributed by atoms with Crippen LogP contribution in [0.2, 0.25) is 0 Å². The summed E-state index contributed by atoms with van der Waals surface area (Å²) in [4.78, 5) is 46.5. The number of fused-ring (bicyclic) bond motifs is 1. The molecule has 0 spiro atoms. The SMILES string of the molecule is COc1cc2c(cc1NC(=O)c1cccc(C(F)(F)F)n1)=C[N+](=C1CCC(CN3CCN(c4ccc(N5CCC(=O)NC5=O)cc4)CC3)CC1)N=2. The van der Waals surface area contributed by atoms with Gasteiger partial charge in [-0.05, 0) is 61.2 Å². The zero-order valence-corrected chi connectivity index (χ0v) is 28.1. The number of aromatic nitrogens is 1. The normalized spacial score (nSPS) is 19.6. The Labute approximate surface area is 291 Å². The van der Waals surface area contributed by atoms with Crippen molar-refractivity contribution in [2.24, 2.45) is 11.0 Å². The summed E-state index contributed by atoms with van der Waals surface area (Å²) in [5.41, 5.74) is 1.93. The summed E-state index contributed by atoms with van der Waals surface area (Å²) < 4.78 is 46.7. The van der Waals surface area contributed by atoms with Gasteiger partial charge in [-0.2, -0.15) is 13.2 Å². The first-order chi connectivity index (χ1) is 24.5. The minimum atomic E-state index is -4.66. The van der Waals surface area contributed by atoms with Crippen LogP contribution in [0.4, 0.5) is 35.0 Å². The summed E-state index contributed by atoms with van der Waals surface area (Å²) in [6.45, 7) is 5.22. The van der Waals surface area contributed by atoms with E-state index >= 15 is 0 Å². The van der Waals surface area contributed by atoms with Crippen molar-refractivity contribution in [3.8, 4) is 5.75 Å². The van der Waals surface area contributed by atoms with Crippen LogP contribution in [0, 0.1) is 5.92 Å². The molecule has 4 amide bonds. The third-order valence-corrected chi connectivity index (χ3v) is 9.82. The van der Waals surface area contributed by atoms with Gasteiger partial charge >= 0.3 is 12.2 Å². The number of halogens is 3. The maximum Gasteiger partial charge on any atom is 0.433 e. The number of carbonyl (C=O) groups excluding carboxylic acids is 3. The molecule has 266 valence electrons. The molecule has 3 aromatic rings. The van der Waals surface area contributed by atoms with Gasteiger partial charge in [-0.1, -0.05) is 10.8 Å². The number of anilines is 3. The average Bonchev–Trinajstić information content (AvgIpc) is 3.55. The number of alkyl halides is 3. The lowest BCUT2D eigenvalue weighted by molar-refractivity contribution is -0.430. The highest BCUT2D eigenvalue weighted by atomic mass is 19.4. The minimum Gasteiger partial charge on any atom is -0.494 e. The summed E-state index contributed by atoms with van der Waals surface area (Å²) in [5, 5.41) is 11.2. The zero-order valence-electron chi connectivity index (χ0n) is 28.1. The van der Waals surface area contributed by atoms with Gasteiger partial charge in [0.2, 0.25) is 12.1 Å². The topological polar surface area (TPSA) is 122 Å². The second-order valence-corrected chi connectivity index (χ2v) is 13.1. The standard InChI is InChI=1S/C36H37F3N8O4/c1-51-31-20-29-24(19-30(31)41-34(49)28-3-2-4-32(40-28)36(37,38)39)22-47(43-29)27-7-5-23(6-8-27)21-44-15-17-45(18-16-44)25-9-11-26(12-10-25)46-14-13-33(48)42-35(46)50/h2-4,9-12,19-20,22-23H,5-8,13-18,21H2,1H3,(H-,41,42,48,49,50)/p+1. The number of ether oxygens (including phenoxy) is 1. The van der Waals surface area contributed by atoms with Crippen LogP contribution in [0.5, 0.6) is 5.75 Å². The van der Waals surface area contributed by atoms with E-state index in [0.29, 0.717) is 35.7 Å². The van der Waals surface area contributed by atoms with Crippen molar-refractivity contribution in [2.75, 3.05) is 61.5 Å². The quantitative estimate of drug-likeness (QED) is 0.361. The van der Waals surface area contributed by atoms with E-state index < -0.39 is 17.8 Å². The fraction of sp³-hybridized carbons (Fsp3) is 0.389. The monoisotopic (exact) mass is 703 g/mol. The predicted molar refractivity (Wildman–Crippen MR) is 183 cm³/mol. The summed E-state index contributed by atoms with van der Waals surface area (Å²) in [5.74, 6) is -0.102. The number of urea groups is 1. The molecule has 51 heavy (non-hydrogen) atoms. The highest BCUT2D eigenvalue weighted by molar-refractivity contribution is 6.05. The lowest BCUT2D eigenvalue weighted by Crippen LogP contribution is -2.49. The highest BCUT2D eigenvalue weighted by Gasteiger charge is 2.33. The van der Waals surface area contributed by atoms with E-state index in [0.717, 1.165) is 87.1 Å². The largest absolute Gasteiger partial charge is 0.494 e. The highest BCUT2D eigenvalue weighted by Crippen LogP contribution is 2.29. The maximum atomic E-state index is 13.1. The number of imide groups is 1. The lowest BCUT2D eigenvalue weighted by Gasteiger charge is -2.38. The van der Waals surface area contributed by atoms with Crippen LogP contribution in [-0.4, -0.2) is 84.5 Å². The molecular weight excluding hydrogens is 665 g/mol. The number of hydrogen-bond donors (Lipinski definition) is 2. The minimum absolute atomic E-state index is 0.243. The Bertz CT molecular complexity index is 2000. The van der Waals surface area contributed by atoms with Crippen molar-refractivity contribution in [2.45, 2.75) is 38.3 Å². The third kappa shape index (κ3) is 7.58. The molecule has 3 fully saturated rings. The lowest BCUT2D eigenvalue weighted by atomic mass is 9.87. The van der Waals surface area contributed by atoms with E-state index in [1.54, 1.807) is 17.0 Å². The van der Waals surface area contributed by atoms with Crippen molar-refractivity contribution in [3.05, 3.63) is 76.6 Å². The zero-order chi connectivity index (χ0) is 35.7. The number of rotatable bonds is 7. The van der Waals surface area contributed by atoms with Gasteiger partial charge in [0, 0.05) is 81.1 Å². The smallest absolute Gasteiger partial charge is 0.433 e. The number of nitrogens with one attached hydrogen (secondary N) is 2. The molecule has 3 aliphatic heterocycles. The molecule has 0 radical (unpaired) electrons. The van der Waals surface area contributed by atoms with Crippen LogP contribution < -0.4 is 35.7 Å². The molecule has 1 saturated carbocycles. The number of hydrogen-bond acceptors (Lipinski definition) is 8. The molecule has 0 atom stereocenters. The van der Waals surface area contributed by atoms with Gasteiger partial charge in [0.25, 0.3) is 5.91 Å². The molecule has 1 aliphatic carbocycles. The average molecular weight is 704 g/mol. The Morgan fingerprint density at radius 2 is 1.71 bits per heavy atom. The second kappa shape index (κ2) is 14.1. The number of carbonyl (C=O) groups is 3. The van der Waals surface area contributed by atoms with Crippen molar-refractivity contribution in [1.82, 2.24) is 15.2 Å². The summed E-state index contributed by atoms with van der Waals surface area (Å²) >= 11 is 0. The molecule has 2 N–H and O–H groups in total. The Hall–Kier alpha value is -5.31. The molecular formula is C36H38F3N8O4+. The Morgan fingerprint density at radius 3 is 2.39 bits per heavy atom. The number of methoxy groups -OCH3 is 1. The van der Waals surface area contributed by atoms with Crippen molar-refractivity contribution in [3.63, 3.8) is 0 Å². The van der Waals surface area contributed by atoms with Crippen molar-refractivity contribution in [1.29, 1.82) is 0 Å². The van der Waals surface area contributed by atoms with Gasteiger partial charge in [-0.15, -0.1) is 0 Å². The van der Waals surface area contributed by atoms with Crippen LogP contribution in [0.15, 0.2) is 59.7 Å². The first-order valence-electron chi connectivity index (χ1n) is 17.0. The molecule has 4 heterocycles. The molecule has 2 aromatic carbocycles. The number of piperazine rings is 1. The predicted octanol–water partition coefficient (Wildman–Crippen LogP) is 3.56. The Balaban J connectivity index is 0.925. The van der Waals surface area contributed by atoms with Gasteiger partial charge in [0.15, 0.2) is 5.71 Å². The number of amides is 4. The molecule has 15 heteroatoms. The molecule has 7 rings (SSSR count). The van der Waals surface area contributed by atoms with Crippen molar-refractivity contribution < 1.29 is 37.0 Å². The van der Waals surface area contributed by atoms with Crippen LogP contribution in [0.3, 0.4) is 0 Å². The number of nitrogens with zero attached hydrogens (tertiary/aromatic N) is 6.